The molecule has 1 aliphatic heterocycles. The number of carbonyl (C=O) groups excluding carboxylic acids is 1. The first-order valence-corrected chi connectivity index (χ1v) is 12.1. The van der Waals surface area contributed by atoms with Crippen molar-refractivity contribution in [1.82, 2.24) is 15.8 Å². The molecule has 5 rings (SSSR count). The van der Waals surface area contributed by atoms with Crippen molar-refractivity contribution >= 4 is 22.5 Å². The second kappa shape index (κ2) is 11.2. The van der Waals surface area contributed by atoms with Crippen LogP contribution in [0.15, 0.2) is 82.6 Å². The van der Waals surface area contributed by atoms with Crippen LogP contribution >= 0.6 is 0 Å². The van der Waals surface area contributed by atoms with Crippen LogP contribution in [-0.2, 0) is 22.8 Å². The summed E-state index contributed by atoms with van der Waals surface area (Å²) in [4.78, 5) is 22.1. The van der Waals surface area contributed by atoms with Crippen LogP contribution < -0.4 is 15.5 Å². The number of aryl methyl sites for hydroxylation is 1. The van der Waals surface area contributed by atoms with Gasteiger partial charge in [-0.3, -0.25) is 15.0 Å². The second-order valence-electron chi connectivity index (χ2n) is 8.94. The minimum Gasteiger partial charge on any atom is -0.489 e. The van der Waals surface area contributed by atoms with E-state index in [0.29, 0.717) is 19.6 Å². The van der Waals surface area contributed by atoms with Crippen molar-refractivity contribution in [3.63, 3.8) is 0 Å². The lowest BCUT2D eigenvalue weighted by molar-refractivity contribution is -0.130. The van der Waals surface area contributed by atoms with Gasteiger partial charge in [0.25, 0.3) is 0 Å². The number of carbonyl (C=O) groups is 1. The fourth-order valence-electron chi connectivity index (χ4n) is 4.43. The lowest BCUT2D eigenvalue weighted by Gasteiger charge is -2.22. The van der Waals surface area contributed by atoms with Gasteiger partial charge in [0.2, 0.25) is 5.91 Å². The van der Waals surface area contributed by atoms with Gasteiger partial charge in [0, 0.05) is 29.5 Å². The van der Waals surface area contributed by atoms with Crippen LogP contribution in [0.2, 0.25) is 0 Å². The van der Waals surface area contributed by atoms with Crippen molar-refractivity contribution in [2.75, 3.05) is 0 Å². The van der Waals surface area contributed by atoms with Crippen LogP contribution in [0.4, 0.5) is 0 Å². The molecule has 0 bridgehead atoms. The number of aromatic nitrogens is 1. The Labute approximate surface area is 214 Å². The average Bonchev–Trinajstić information content (AvgIpc) is 3.62. The van der Waals surface area contributed by atoms with Gasteiger partial charge in [0.1, 0.15) is 24.2 Å². The summed E-state index contributed by atoms with van der Waals surface area (Å²) >= 11 is 0. The summed E-state index contributed by atoms with van der Waals surface area (Å²) in [6.07, 6.45) is 1.76. The van der Waals surface area contributed by atoms with Gasteiger partial charge >= 0.3 is 0 Å². The van der Waals surface area contributed by atoms with Crippen molar-refractivity contribution in [2.45, 2.75) is 45.1 Å². The highest BCUT2D eigenvalue weighted by Gasteiger charge is 2.32. The van der Waals surface area contributed by atoms with Crippen molar-refractivity contribution in [3.05, 3.63) is 95.6 Å². The number of hydrogen-bond acceptors (Lipinski definition) is 8. The first-order chi connectivity index (χ1) is 18.1. The van der Waals surface area contributed by atoms with Gasteiger partial charge in [-0.2, -0.15) is 0 Å². The molecule has 2 aromatic carbocycles. The van der Waals surface area contributed by atoms with Crippen molar-refractivity contribution in [1.29, 1.82) is 0 Å². The van der Waals surface area contributed by atoms with E-state index in [-0.39, 0.29) is 18.6 Å². The SMILES string of the molecule is Cc1cc(COc2ccc(C3=NOC(C(CC(=O)NO)NCc4ccco4)C3)cc2)c2ccccc2n1. The standard InChI is InChI=1S/C28H28N4O5/c1-18-13-20(23-6-2-3-7-24(23)30-18)17-36-21-10-8-19(9-11-21)25-14-27(37-32-25)26(15-28(33)31-34)29-16-22-5-4-12-35-22/h2-13,26-27,29,34H,14-17H2,1H3,(H,31,33). The number of para-hydroxylation sites is 1. The largest absolute Gasteiger partial charge is 0.489 e. The van der Waals surface area contributed by atoms with E-state index < -0.39 is 5.91 Å². The maximum absolute atomic E-state index is 11.8. The molecule has 0 saturated heterocycles. The van der Waals surface area contributed by atoms with E-state index in [9.17, 15) is 4.79 Å². The highest BCUT2D eigenvalue weighted by atomic mass is 16.6. The third kappa shape index (κ3) is 5.96. The molecule has 9 nitrogen and oxygen atoms in total. The first kappa shape index (κ1) is 24.5. The maximum Gasteiger partial charge on any atom is 0.245 e. The molecular weight excluding hydrogens is 472 g/mol. The molecule has 0 fully saturated rings. The normalized spacial score (nSPS) is 15.7. The molecule has 0 saturated carbocycles. The number of hydrogen-bond donors (Lipinski definition) is 3. The topological polar surface area (TPSA) is 118 Å². The predicted molar refractivity (Wildman–Crippen MR) is 137 cm³/mol. The number of pyridine rings is 1. The molecule has 2 atom stereocenters. The maximum atomic E-state index is 11.8. The third-order valence-electron chi connectivity index (χ3n) is 6.30. The van der Waals surface area contributed by atoms with Crippen molar-refractivity contribution in [3.8, 4) is 5.75 Å². The van der Waals surface area contributed by atoms with Crippen LogP contribution in [0.1, 0.15) is 35.4 Å². The van der Waals surface area contributed by atoms with Gasteiger partial charge in [-0.15, -0.1) is 0 Å². The molecular formula is C28H28N4O5. The number of hydroxylamine groups is 1. The zero-order valence-electron chi connectivity index (χ0n) is 20.4. The monoisotopic (exact) mass is 500 g/mol. The lowest BCUT2D eigenvalue weighted by atomic mass is 9.98. The van der Waals surface area contributed by atoms with Crippen LogP contribution in [0, 0.1) is 6.92 Å². The molecule has 4 aromatic rings. The van der Waals surface area contributed by atoms with Crippen molar-refractivity contribution in [2.24, 2.45) is 5.16 Å². The third-order valence-corrected chi connectivity index (χ3v) is 6.30. The summed E-state index contributed by atoms with van der Waals surface area (Å²) in [5.41, 5.74) is 6.37. The Morgan fingerprint density at radius 3 is 2.78 bits per heavy atom. The molecule has 1 aliphatic rings. The Morgan fingerprint density at radius 2 is 2.00 bits per heavy atom. The van der Waals surface area contributed by atoms with Crippen LogP contribution in [0.3, 0.4) is 0 Å². The molecule has 3 heterocycles. The number of benzene rings is 2. The van der Waals surface area contributed by atoms with E-state index in [2.05, 4.69) is 27.6 Å². The number of fused-ring (bicyclic) bond motifs is 1. The summed E-state index contributed by atoms with van der Waals surface area (Å²) in [6, 6.07) is 21.1. The number of nitrogens with one attached hydrogen (secondary N) is 2. The summed E-state index contributed by atoms with van der Waals surface area (Å²) < 4.78 is 11.4. The van der Waals surface area contributed by atoms with Gasteiger partial charge in [-0.05, 0) is 61.0 Å². The Balaban J connectivity index is 1.21. The number of ether oxygens (including phenoxy) is 1. The predicted octanol–water partition coefficient (Wildman–Crippen LogP) is 4.26. The molecule has 0 spiro atoms. The Morgan fingerprint density at radius 1 is 1.16 bits per heavy atom. The van der Waals surface area contributed by atoms with Crippen LogP contribution in [0.5, 0.6) is 5.75 Å². The van der Waals surface area contributed by atoms with E-state index in [0.717, 1.165) is 44.9 Å². The van der Waals surface area contributed by atoms with Crippen LogP contribution in [-0.4, -0.2) is 34.0 Å². The smallest absolute Gasteiger partial charge is 0.245 e. The van der Waals surface area contributed by atoms with Gasteiger partial charge in [-0.25, -0.2) is 5.48 Å². The molecule has 1 amide bonds. The summed E-state index contributed by atoms with van der Waals surface area (Å²) in [7, 11) is 0. The fourth-order valence-corrected chi connectivity index (χ4v) is 4.43. The van der Waals surface area contributed by atoms with E-state index in [4.69, 9.17) is 19.2 Å². The average molecular weight is 501 g/mol. The van der Waals surface area contributed by atoms with Gasteiger partial charge in [0.05, 0.1) is 30.1 Å². The molecule has 0 radical (unpaired) electrons. The van der Waals surface area contributed by atoms with Crippen LogP contribution in [0.25, 0.3) is 10.9 Å². The number of furan rings is 1. The Hall–Kier alpha value is -4.21. The second-order valence-corrected chi connectivity index (χ2v) is 8.94. The quantitative estimate of drug-likeness (QED) is 0.220. The van der Waals surface area contributed by atoms with E-state index >= 15 is 0 Å². The summed E-state index contributed by atoms with van der Waals surface area (Å²) in [6.45, 7) is 2.84. The number of rotatable bonds is 10. The summed E-state index contributed by atoms with van der Waals surface area (Å²) in [5.74, 6) is 0.975. The van der Waals surface area contributed by atoms with E-state index in [1.165, 1.54) is 0 Å². The molecule has 0 aliphatic carbocycles. The number of amides is 1. The Bertz CT molecular complexity index is 1390. The molecule has 9 heteroatoms. The van der Waals surface area contributed by atoms with E-state index in [1.807, 2.05) is 55.5 Å². The highest BCUT2D eigenvalue weighted by Crippen LogP contribution is 2.24. The van der Waals surface area contributed by atoms with Gasteiger partial charge < -0.3 is 19.3 Å². The molecule has 2 unspecified atom stereocenters. The minimum atomic E-state index is -0.507. The highest BCUT2D eigenvalue weighted by molar-refractivity contribution is 6.01. The van der Waals surface area contributed by atoms with E-state index in [1.54, 1.807) is 17.8 Å². The molecule has 190 valence electrons. The zero-order valence-corrected chi connectivity index (χ0v) is 20.4. The number of nitrogens with zero attached hydrogens (tertiary/aromatic N) is 2. The van der Waals surface area contributed by atoms with Crippen molar-refractivity contribution < 1.29 is 24.0 Å². The number of oxime groups is 1. The summed E-state index contributed by atoms with van der Waals surface area (Å²) in [5, 5.41) is 17.6. The van der Waals surface area contributed by atoms with Gasteiger partial charge in [0.15, 0.2) is 0 Å². The molecule has 2 aromatic heterocycles. The fraction of sp³-hybridized carbons (Fsp3) is 0.250. The molecule has 3 N–H and O–H groups in total. The minimum absolute atomic E-state index is 0.0284. The Kier molecular flexibility index (Phi) is 7.43. The molecule has 37 heavy (non-hydrogen) atoms. The lowest BCUT2D eigenvalue weighted by Crippen LogP contribution is -2.43. The van der Waals surface area contributed by atoms with Gasteiger partial charge in [-0.1, -0.05) is 23.4 Å². The first-order valence-electron chi connectivity index (χ1n) is 12.1. The zero-order chi connectivity index (χ0) is 25.6.